The third kappa shape index (κ3) is 2.99. The van der Waals surface area contributed by atoms with Gasteiger partial charge in [-0.05, 0) is 44.9 Å². The molecule has 1 aliphatic carbocycles. The van der Waals surface area contributed by atoms with Crippen molar-refractivity contribution < 1.29 is 9.59 Å². The first-order chi connectivity index (χ1) is 10.1. The zero-order valence-corrected chi connectivity index (χ0v) is 13.6. The van der Waals surface area contributed by atoms with E-state index in [1.807, 2.05) is 25.7 Å². The maximum atomic E-state index is 12.9. The second kappa shape index (κ2) is 6.63. The van der Waals surface area contributed by atoms with Crippen molar-refractivity contribution in [2.24, 2.45) is 0 Å². The van der Waals surface area contributed by atoms with E-state index in [1.165, 1.54) is 12.0 Å². The van der Waals surface area contributed by atoms with Crippen LogP contribution >= 0.6 is 0 Å². The third-order valence-electron chi connectivity index (χ3n) is 5.11. The van der Waals surface area contributed by atoms with E-state index in [4.69, 9.17) is 0 Å². The standard InChI is InChI=1S/C17H28N2O2/c1-4-14-15(20)18-17(5-2,6-3)16(21)19(14)12-11-13-9-7-8-10-13/h9,14H,4-8,10-12H2,1-3H3,(H,18,20). The molecule has 0 saturated carbocycles. The molecule has 0 aromatic carbocycles. The molecule has 0 spiro atoms. The fraction of sp³-hybridized carbons (Fsp3) is 0.765. The molecule has 2 aliphatic rings. The molecule has 0 bridgehead atoms. The van der Waals surface area contributed by atoms with Gasteiger partial charge >= 0.3 is 0 Å². The molecule has 4 nitrogen and oxygen atoms in total. The van der Waals surface area contributed by atoms with Gasteiger partial charge in [0.05, 0.1) is 0 Å². The van der Waals surface area contributed by atoms with Crippen molar-refractivity contribution in [3.05, 3.63) is 11.6 Å². The van der Waals surface area contributed by atoms with E-state index in [0.29, 0.717) is 25.8 Å². The Bertz CT molecular complexity index is 438. The third-order valence-corrected chi connectivity index (χ3v) is 5.11. The summed E-state index contributed by atoms with van der Waals surface area (Å²) in [6.45, 7) is 6.61. The van der Waals surface area contributed by atoms with E-state index in [1.54, 1.807) is 0 Å². The molecule has 1 saturated heterocycles. The number of carbonyl (C=O) groups is 2. The molecule has 0 aromatic heterocycles. The molecule has 21 heavy (non-hydrogen) atoms. The Morgan fingerprint density at radius 1 is 1.29 bits per heavy atom. The summed E-state index contributed by atoms with van der Waals surface area (Å²) in [6, 6.07) is -0.300. The van der Waals surface area contributed by atoms with Gasteiger partial charge in [0.1, 0.15) is 11.6 Å². The number of hydrogen-bond donors (Lipinski definition) is 1. The van der Waals surface area contributed by atoms with Crippen molar-refractivity contribution in [3.63, 3.8) is 0 Å². The number of carbonyl (C=O) groups excluding carboxylic acids is 2. The van der Waals surface area contributed by atoms with Gasteiger partial charge in [-0.3, -0.25) is 9.59 Å². The summed E-state index contributed by atoms with van der Waals surface area (Å²) in [5.74, 6) is 0.124. The Kier molecular flexibility index (Phi) is 5.07. The second-order valence-electron chi connectivity index (χ2n) is 6.21. The van der Waals surface area contributed by atoms with E-state index in [2.05, 4.69) is 11.4 Å². The molecule has 118 valence electrons. The summed E-state index contributed by atoms with van der Waals surface area (Å²) in [6.07, 6.45) is 8.75. The van der Waals surface area contributed by atoms with Crippen LogP contribution in [0.1, 0.15) is 65.7 Å². The molecule has 4 heteroatoms. The highest BCUT2D eigenvalue weighted by Crippen LogP contribution is 2.28. The van der Waals surface area contributed by atoms with Crippen LogP contribution < -0.4 is 5.32 Å². The van der Waals surface area contributed by atoms with Gasteiger partial charge in [-0.1, -0.05) is 32.4 Å². The summed E-state index contributed by atoms with van der Waals surface area (Å²) in [5.41, 5.74) is 0.759. The fourth-order valence-electron chi connectivity index (χ4n) is 3.55. The molecular weight excluding hydrogens is 264 g/mol. The lowest BCUT2D eigenvalue weighted by Crippen LogP contribution is -2.70. The average molecular weight is 292 g/mol. The average Bonchev–Trinajstić information content (AvgIpc) is 3.01. The second-order valence-corrected chi connectivity index (χ2v) is 6.21. The first kappa shape index (κ1) is 16.1. The SMILES string of the molecule is CCC1C(=O)NC(CC)(CC)C(=O)N1CCC1=CCCC1. The molecule has 0 aromatic rings. The molecule has 1 heterocycles. The van der Waals surface area contributed by atoms with Crippen LogP contribution in [0.15, 0.2) is 11.6 Å². The predicted molar refractivity (Wildman–Crippen MR) is 83.8 cm³/mol. The normalized spacial score (nSPS) is 25.0. The largest absolute Gasteiger partial charge is 0.340 e. The highest BCUT2D eigenvalue weighted by molar-refractivity contribution is 5.99. The van der Waals surface area contributed by atoms with Gasteiger partial charge in [-0.15, -0.1) is 0 Å². The number of hydrogen-bond acceptors (Lipinski definition) is 2. The summed E-state index contributed by atoms with van der Waals surface area (Å²) < 4.78 is 0. The summed E-state index contributed by atoms with van der Waals surface area (Å²) >= 11 is 0. The number of allylic oxidation sites excluding steroid dienone is 1. The fourth-order valence-corrected chi connectivity index (χ4v) is 3.55. The van der Waals surface area contributed by atoms with E-state index in [-0.39, 0.29) is 17.9 Å². The lowest BCUT2D eigenvalue weighted by Gasteiger charge is -2.45. The molecule has 1 unspecified atom stereocenters. The lowest BCUT2D eigenvalue weighted by atomic mass is 9.86. The molecule has 1 aliphatic heterocycles. The summed E-state index contributed by atoms with van der Waals surface area (Å²) in [5, 5.41) is 2.99. The Balaban J connectivity index is 2.16. The number of rotatable bonds is 6. The molecular formula is C17H28N2O2. The van der Waals surface area contributed by atoms with Crippen molar-refractivity contribution in [3.8, 4) is 0 Å². The van der Waals surface area contributed by atoms with Crippen LogP contribution in [0.4, 0.5) is 0 Å². The van der Waals surface area contributed by atoms with Gasteiger partial charge in [0.15, 0.2) is 0 Å². The quantitative estimate of drug-likeness (QED) is 0.765. The molecule has 1 N–H and O–H groups in total. The molecule has 1 atom stereocenters. The summed E-state index contributed by atoms with van der Waals surface area (Å²) in [7, 11) is 0. The van der Waals surface area contributed by atoms with E-state index in [0.717, 1.165) is 19.3 Å². The molecule has 1 fully saturated rings. The zero-order chi connectivity index (χ0) is 15.5. The van der Waals surface area contributed by atoms with Gasteiger partial charge < -0.3 is 10.2 Å². The van der Waals surface area contributed by atoms with Crippen molar-refractivity contribution in [1.29, 1.82) is 0 Å². The van der Waals surface area contributed by atoms with Crippen molar-refractivity contribution in [1.82, 2.24) is 10.2 Å². The number of piperazine rings is 1. The predicted octanol–water partition coefficient (Wildman–Crippen LogP) is 2.78. The first-order valence-electron chi connectivity index (χ1n) is 8.39. The van der Waals surface area contributed by atoms with Crippen LogP contribution in [0.3, 0.4) is 0 Å². The lowest BCUT2D eigenvalue weighted by molar-refractivity contribution is -0.155. The molecule has 2 amide bonds. The Morgan fingerprint density at radius 3 is 2.52 bits per heavy atom. The zero-order valence-electron chi connectivity index (χ0n) is 13.6. The number of nitrogens with one attached hydrogen (secondary N) is 1. The van der Waals surface area contributed by atoms with Crippen LogP contribution in [0.25, 0.3) is 0 Å². The highest BCUT2D eigenvalue weighted by atomic mass is 16.2. The summed E-state index contributed by atoms with van der Waals surface area (Å²) in [4.78, 5) is 27.2. The Morgan fingerprint density at radius 2 is 2.00 bits per heavy atom. The van der Waals surface area contributed by atoms with Crippen LogP contribution in [-0.2, 0) is 9.59 Å². The van der Waals surface area contributed by atoms with E-state index >= 15 is 0 Å². The van der Waals surface area contributed by atoms with Gasteiger partial charge in [0, 0.05) is 6.54 Å². The number of nitrogens with zero attached hydrogens (tertiary/aromatic N) is 1. The maximum absolute atomic E-state index is 12.9. The maximum Gasteiger partial charge on any atom is 0.248 e. The van der Waals surface area contributed by atoms with Crippen LogP contribution in [0.2, 0.25) is 0 Å². The Hall–Kier alpha value is -1.32. The number of amides is 2. The molecule has 0 radical (unpaired) electrons. The van der Waals surface area contributed by atoms with E-state index < -0.39 is 5.54 Å². The Labute approximate surface area is 128 Å². The van der Waals surface area contributed by atoms with E-state index in [9.17, 15) is 9.59 Å². The topological polar surface area (TPSA) is 49.4 Å². The van der Waals surface area contributed by atoms with Crippen molar-refractivity contribution >= 4 is 11.8 Å². The minimum absolute atomic E-state index is 0.0150. The molecule has 2 rings (SSSR count). The first-order valence-corrected chi connectivity index (χ1v) is 8.39. The minimum atomic E-state index is -0.688. The van der Waals surface area contributed by atoms with Gasteiger partial charge in [-0.2, -0.15) is 0 Å². The van der Waals surface area contributed by atoms with Gasteiger partial charge in [-0.25, -0.2) is 0 Å². The monoisotopic (exact) mass is 292 g/mol. The minimum Gasteiger partial charge on any atom is -0.340 e. The van der Waals surface area contributed by atoms with Crippen LogP contribution in [0, 0.1) is 0 Å². The van der Waals surface area contributed by atoms with Crippen molar-refractivity contribution in [2.75, 3.05) is 6.54 Å². The van der Waals surface area contributed by atoms with Gasteiger partial charge in [0.2, 0.25) is 11.8 Å². The smallest absolute Gasteiger partial charge is 0.248 e. The van der Waals surface area contributed by atoms with Crippen LogP contribution in [0.5, 0.6) is 0 Å². The van der Waals surface area contributed by atoms with Crippen LogP contribution in [-0.4, -0.2) is 34.8 Å². The highest BCUT2D eigenvalue weighted by Gasteiger charge is 2.47. The van der Waals surface area contributed by atoms with Gasteiger partial charge in [0.25, 0.3) is 0 Å². The van der Waals surface area contributed by atoms with Crippen molar-refractivity contribution in [2.45, 2.75) is 77.3 Å².